The first-order chi connectivity index (χ1) is 20.5. The highest BCUT2D eigenvalue weighted by Crippen LogP contribution is 2.36. The third-order valence-electron chi connectivity index (χ3n) is 7.88. The van der Waals surface area contributed by atoms with Crippen LogP contribution in [0.5, 0.6) is 0 Å². The van der Waals surface area contributed by atoms with Gasteiger partial charge in [0.15, 0.2) is 0 Å². The van der Waals surface area contributed by atoms with Crippen molar-refractivity contribution in [1.82, 2.24) is 20.4 Å². The molecule has 0 aliphatic carbocycles. The number of rotatable bonds is 10. The summed E-state index contributed by atoms with van der Waals surface area (Å²) in [7, 11) is 0. The second-order valence-corrected chi connectivity index (χ2v) is 12.6. The van der Waals surface area contributed by atoms with E-state index in [-0.39, 0.29) is 32.4 Å². The molecule has 13 nitrogen and oxygen atoms in total. The lowest BCUT2D eigenvalue weighted by molar-refractivity contribution is -0.153. The van der Waals surface area contributed by atoms with Gasteiger partial charge in [0.25, 0.3) is 0 Å². The van der Waals surface area contributed by atoms with Gasteiger partial charge in [-0.05, 0) is 78.0 Å². The quantitative estimate of drug-likeness (QED) is 0.247. The first-order valence-corrected chi connectivity index (χ1v) is 14.8. The number of likely N-dealkylation sites (tertiary alicyclic amines) is 2. The summed E-state index contributed by atoms with van der Waals surface area (Å²) in [4.78, 5) is 69.0. The van der Waals surface area contributed by atoms with E-state index in [1.54, 1.807) is 26.8 Å². The van der Waals surface area contributed by atoms with E-state index in [0.717, 1.165) is 0 Å². The van der Waals surface area contributed by atoms with Crippen LogP contribution in [0.4, 0.5) is 9.18 Å². The summed E-state index contributed by atoms with van der Waals surface area (Å²) in [5.41, 5.74) is 3.39. The Kier molecular flexibility index (Phi) is 11.0. The molecule has 0 radical (unpaired) electrons. The van der Waals surface area contributed by atoms with Crippen molar-refractivity contribution in [2.75, 3.05) is 13.1 Å². The fourth-order valence-electron chi connectivity index (χ4n) is 5.86. The van der Waals surface area contributed by atoms with E-state index < -0.39 is 77.0 Å². The second-order valence-electron chi connectivity index (χ2n) is 12.6. The number of nitrogens with zero attached hydrogens (tertiary/aromatic N) is 2. The Hall–Kier alpha value is -3.78. The third-order valence-corrected chi connectivity index (χ3v) is 7.88. The van der Waals surface area contributed by atoms with Gasteiger partial charge in [0.1, 0.15) is 35.1 Å². The fourth-order valence-corrected chi connectivity index (χ4v) is 5.86. The van der Waals surface area contributed by atoms with Gasteiger partial charge in [-0.2, -0.15) is 0 Å². The van der Waals surface area contributed by atoms with Crippen LogP contribution in [0.15, 0.2) is 24.3 Å². The summed E-state index contributed by atoms with van der Waals surface area (Å²) < 4.78 is 19.4. The molecular formula is C30H44FN5O8. The summed E-state index contributed by atoms with van der Waals surface area (Å²) in [6, 6.07) is 1.71. The molecule has 1 aromatic carbocycles. The molecule has 244 valence electrons. The van der Waals surface area contributed by atoms with Gasteiger partial charge in [-0.15, -0.1) is 0 Å². The first-order valence-electron chi connectivity index (χ1n) is 14.8. The molecule has 2 fully saturated rings. The van der Waals surface area contributed by atoms with Crippen LogP contribution in [0, 0.1) is 5.82 Å². The van der Waals surface area contributed by atoms with Crippen molar-refractivity contribution in [3.8, 4) is 0 Å². The molecule has 5 amide bonds. The highest BCUT2D eigenvalue weighted by atomic mass is 19.1. The maximum Gasteiger partial charge on any atom is 0.408 e. The van der Waals surface area contributed by atoms with Crippen LogP contribution in [0.2, 0.25) is 0 Å². The summed E-state index contributed by atoms with van der Waals surface area (Å²) in [5, 5.41) is 25.4. The van der Waals surface area contributed by atoms with Crippen LogP contribution in [-0.4, -0.2) is 104 Å². The normalized spacial score (nSPS) is 23.0. The van der Waals surface area contributed by atoms with Crippen LogP contribution >= 0.6 is 0 Å². The Morgan fingerprint density at radius 2 is 1.73 bits per heavy atom. The van der Waals surface area contributed by atoms with E-state index in [0.29, 0.717) is 18.4 Å². The van der Waals surface area contributed by atoms with Crippen molar-refractivity contribution in [2.24, 2.45) is 5.73 Å². The van der Waals surface area contributed by atoms with Gasteiger partial charge in [0.2, 0.25) is 23.6 Å². The average molecular weight is 622 g/mol. The van der Waals surface area contributed by atoms with Crippen molar-refractivity contribution in [3.05, 3.63) is 35.6 Å². The number of hydrogen-bond acceptors (Lipinski definition) is 8. The maximum absolute atomic E-state index is 14.3. The van der Waals surface area contributed by atoms with E-state index in [9.17, 15) is 38.6 Å². The number of amides is 5. The molecule has 0 aromatic heterocycles. The molecule has 0 saturated carbocycles. The van der Waals surface area contributed by atoms with Crippen molar-refractivity contribution in [2.45, 2.75) is 108 Å². The van der Waals surface area contributed by atoms with E-state index in [4.69, 9.17) is 10.5 Å². The molecule has 2 saturated heterocycles. The monoisotopic (exact) mass is 621 g/mol. The summed E-state index contributed by atoms with van der Waals surface area (Å²) >= 11 is 0. The minimum absolute atomic E-state index is 0.106. The molecule has 14 heteroatoms. The van der Waals surface area contributed by atoms with Crippen molar-refractivity contribution < 1.29 is 43.3 Å². The van der Waals surface area contributed by atoms with Gasteiger partial charge in [-0.1, -0.05) is 12.1 Å². The summed E-state index contributed by atoms with van der Waals surface area (Å²) in [6.07, 6.45) is -2.41. The number of ether oxygens (including phenoxy) is 1. The number of benzene rings is 1. The molecule has 2 aliphatic rings. The van der Waals surface area contributed by atoms with E-state index >= 15 is 0 Å². The number of nitrogens with one attached hydrogen (secondary N) is 2. The Bertz CT molecular complexity index is 1250. The number of halogens is 1. The highest BCUT2D eigenvalue weighted by Gasteiger charge is 2.53. The zero-order chi connectivity index (χ0) is 33.0. The molecule has 0 bridgehead atoms. The number of aliphatic hydroxyl groups excluding tert-OH is 2. The molecule has 0 spiro atoms. The molecule has 3 rings (SSSR count). The number of nitrogens with two attached hydrogens (primary N) is 1. The number of primary amides is 1. The van der Waals surface area contributed by atoms with Gasteiger partial charge < -0.3 is 41.1 Å². The predicted octanol–water partition coefficient (Wildman–Crippen LogP) is 0.345. The Morgan fingerprint density at radius 1 is 1.07 bits per heavy atom. The van der Waals surface area contributed by atoms with Gasteiger partial charge in [0.05, 0.1) is 12.2 Å². The fraction of sp³-hybridized carbons (Fsp3) is 0.633. The van der Waals surface area contributed by atoms with Gasteiger partial charge >= 0.3 is 6.09 Å². The van der Waals surface area contributed by atoms with Crippen molar-refractivity contribution in [1.29, 1.82) is 0 Å². The minimum atomic E-state index is -1.59. The standard InChI is InChI=1S/C30H44FN5O8/c1-17(37)22(24(32)39)33-27(42)30(16-19-9-6-10-20(31)15-19)12-8-14-36(30)25(40)21-11-7-13-35(21)26(41)23(18(2)38)34-28(43)44-29(3,4)5/h6,9-10,15,17-18,21-23,37-38H,7-8,11-14,16H2,1-5H3,(H2,32,39)(H,33,42)(H,34,43)/t17-,18-,21+,22+,23+,30?/m1/s1. The topological polar surface area (TPSA) is 192 Å². The molecule has 2 aliphatic heterocycles. The second kappa shape index (κ2) is 13.9. The molecule has 6 N–H and O–H groups in total. The number of alkyl carbamates (subject to hydrolysis) is 1. The lowest BCUT2D eigenvalue weighted by Gasteiger charge is -2.41. The number of carbonyl (C=O) groups excluding carboxylic acids is 5. The minimum Gasteiger partial charge on any atom is -0.444 e. The number of carbonyl (C=O) groups is 5. The van der Waals surface area contributed by atoms with Crippen LogP contribution in [0.1, 0.15) is 65.9 Å². The van der Waals surface area contributed by atoms with Crippen molar-refractivity contribution in [3.63, 3.8) is 0 Å². The summed E-state index contributed by atoms with van der Waals surface area (Å²) in [5.74, 6) is -3.50. The van der Waals surface area contributed by atoms with Crippen LogP contribution in [-0.2, 0) is 30.3 Å². The van der Waals surface area contributed by atoms with Gasteiger partial charge in [0, 0.05) is 19.5 Å². The molecular weight excluding hydrogens is 577 g/mol. The number of hydrogen-bond donors (Lipinski definition) is 5. The first kappa shape index (κ1) is 34.7. The van der Waals surface area contributed by atoms with Crippen molar-refractivity contribution >= 4 is 29.7 Å². The molecule has 1 unspecified atom stereocenters. The molecule has 44 heavy (non-hydrogen) atoms. The molecule has 2 heterocycles. The third kappa shape index (κ3) is 8.03. The average Bonchev–Trinajstić information content (AvgIpc) is 3.56. The predicted molar refractivity (Wildman–Crippen MR) is 156 cm³/mol. The molecule has 6 atom stereocenters. The Balaban J connectivity index is 1.95. The van der Waals surface area contributed by atoms with Gasteiger partial charge in [-0.25, -0.2) is 9.18 Å². The van der Waals surface area contributed by atoms with Crippen LogP contribution in [0.25, 0.3) is 0 Å². The molecule has 1 aromatic rings. The number of aliphatic hydroxyl groups is 2. The maximum atomic E-state index is 14.3. The van der Waals surface area contributed by atoms with Gasteiger partial charge in [-0.3, -0.25) is 19.2 Å². The highest BCUT2D eigenvalue weighted by molar-refractivity contribution is 5.98. The van der Waals surface area contributed by atoms with E-state index in [1.165, 1.54) is 41.8 Å². The Labute approximate surface area is 256 Å². The lowest BCUT2D eigenvalue weighted by Crippen LogP contribution is -2.65. The lowest BCUT2D eigenvalue weighted by atomic mass is 9.86. The largest absolute Gasteiger partial charge is 0.444 e. The Morgan fingerprint density at radius 3 is 2.30 bits per heavy atom. The van der Waals surface area contributed by atoms with E-state index in [1.807, 2.05) is 0 Å². The summed E-state index contributed by atoms with van der Waals surface area (Å²) in [6.45, 7) is 7.86. The van der Waals surface area contributed by atoms with E-state index in [2.05, 4.69) is 10.6 Å². The van der Waals surface area contributed by atoms with Crippen LogP contribution in [0.3, 0.4) is 0 Å². The van der Waals surface area contributed by atoms with Crippen LogP contribution < -0.4 is 16.4 Å². The SMILES string of the molecule is C[C@@H](O)[C@H](NC(=O)C1(Cc2cccc(F)c2)CCCN1C(=O)[C@@H]1CCCN1C(=O)[C@@H](NC(=O)OC(C)(C)C)[C@@H](C)O)C(N)=O. The zero-order valence-corrected chi connectivity index (χ0v) is 25.8. The smallest absolute Gasteiger partial charge is 0.408 e. The zero-order valence-electron chi connectivity index (χ0n) is 25.8.